The zero-order valence-corrected chi connectivity index (χ0v) is 6.27. The molecule has 2 amide bonds. The first-order valence-corrected chi connectivity index (χ1v) is 3.08. The number of nitrogens with one attached hydrogen (secondary N) is 2. The highest BCUT2D eigenvalue weighted by atomic mass is 19.4. The van der Waals surface area contributed by atoms with Gasteiger partial charge in [-0.15, -0.1) is 0 Å². The molecule has 0 radical (unpaired) electrons. The standard InChI is InChI=1S/C5H9F3N2O2/c1-9-4(12)10-2-3(11)5(6,7)8/h3,11H,2H2,1H3,(H2,9,10,12). The van der Waals surface area contributed by atoms with Gasteiger partial charge >= 0.3 is 12.2 Å². The molecule has 0 aromatic rings. The molecule has 1 unspecified atom stereocenters. The first-order valence-electron chi connectivity index (χ1n) is 3.08. The number of aliphatic hydroxyl groups is 1. The first-order chi connectivity index (χ1) is 5.38. The van der Waals surface area contributed by atoms with E-state index in [-0.39, 0.29) is 0 Å². The Bertz CT molecular complexity index is 159. The average molecular weight is 186 g/mol. The quantitative estimate of drug-likeness (QED) is 0.561. The van der Waals surface area contributed by atoms with E-state index in [0.29, 0.717) is 0 Å². The van der Waals surface area contributed by atoms with Crippen molar-refractivity contribution in [2.75, 3.05) is 13.6 Å². The summed E-state index contributed by atoms with van der Waals surface area (Å²) in [7, 11) is 1.26. The van der Waals surface area contributed by atoms with Crippen LogP contribution < -0.4 is 10.6 Å². The van der Waals surface area contributed by atoms with Gasteiger partial charge in [-0.3, -0.25) is 0 Å². The van der Waals surface area contributed by atoms with Gasteiger partial charge in [0.2, 0.25) is 0 Å². The molecule has 72 valence electrons. The maximum atomic E-state index is 11.6. The molecule has 0 saturated carbocycles. The lowest BCUT2D eigenvalue weighted by Crippen LogP contribution is -2.43. The Morgan fingerprint density at radius 1 is 1.58 bits per heavy atom. The van der Waals surface area contributed by atoms with Crippen molar-refractivity contribution in [3.8, 4) is 0 Å². The Hall–Kier alpha value is -0.980. The summed E-state index contributed by atoms with van der Waals surface area (Å²) in [6, 6.07) is -0.765. The molecule has 4 nitrogen and oxygen atoms in total. The monoisotopic (exact) mass is 186 g/mol. The fourth-order valence-corrected chi connectivity index (χ4v) is 0.393. The summed E-state index contributed by atoms with van der Waals surface area (Å²) in [5, 5.41) is 12.2. The number of amides is 2. The predicted molar refractivity (Wildman–Crippen MR) is 34.5 cm³/mol. The largest absolute Gasteiger partial charge is 0.416 e. The number of urea groups is 1. The van der Waals surface area contributed by atoms with E-state index < -0.39 is 24.9 Å². The van der Waals surface area contributed by atoms with Crippen LogP contribution >= 0.6 is 0 Å². The fraction of sp³-hybridized carbons (Fsp3) is 0.800. The van der Waals surface area contributed by atoms with Crippen molar-refractivity contribution in [3.63, 3.8) is 0 Å². The normalized spacial score (nSPS) is 13.8. The molecule has 0 bridgehead atoms. The third-order valence-corrected chi connectivity index (χ3v) is 1.06. The molecule has 0 rings (SSSR count). The zero-order valence-electron chi connectivity index (χ0n) is 6.27. The number of alkyl halides is 3. The van der Waals surface area contributed by atoms with Crippen molar-refractivity contribution in [2.24, 2.45) is 0 Å². The molecular weight excluding hydrogens is 177 g/mol. The van der Waals surface area contributed by atoms with Crippen LogP contribution in [0.4, 0.5) is 18.0 Å². The highest BCUT2D eigenvalue weighted by Gasteiger charge is 2.38. The lowest BCUT2D eigenvalue weighted by Gasteiger charge is -2.14. The van der Waals surface area contributed by atoms with E-state index in [2.05, 4.69) is 0 Å². The molecule has 0 fully saturated rings. The fourth-order valence-electron chi connectivity index (χ4n) is 0.393. The number of halogens is 3. The number of hydrogen-bond donors (Lipinski definition) is 3. The second kappa shape index (κ2) is 4.15. The summed E-state index contributed by atoms with van der Waals surface area (Å²) in [5.41, 5.74) is 0. The molecule has 0 spiro atoms. The van der Waals surface area contributed by atoms with Crippen LogP contribution in [0, 0.1) is 0 Å². The van der Waals surface area contributed by atoms with Crippen LogP contribution in [-0.2, 0) is 0 Å². The Morgan fingerprint density at radius 3 is 2.42 bits per heavy atom. The van der Waals surface area contributed by atoms with Crippen molar-refractivity contribution >= 4 is 6.03 Å². The van der Waals surface area contributed by atoms with Gasteiger partial charge in [0.05, 0.1) is 6.54 Å². The van der Waals surface area contributed by atoms with E-state index >= 15 is 0 Å². The maximum absolute atomic E-state index is 11.6. The minimum absolute atomic E-state index is 0.765. The number of carbonyl (C=O) groups excluding carboxylic acids is 1. The molecule has 12 heavy (non-hydrogen) atoms. The highest BCUT2D eigenvalue weighted by Crippen LogP contribution is 2.18. The van der Waals surface area contributed by atoms with Gasteiger partial charge < -0.3 is 15.7 Å². The molecule has 7 heteroatoms. The summed E-state index contributed by atoms with van der Waals surface area (Å²) in [4.78, 5) is 10.3. The Morgan fingerprint density at radius 2 is 2.08 bits per heavy atom. The van der Waals surface area contributed by atoms with Gasteiger partial charge in [-0.05, 0) is 0 Å². The first kappa shape index (κ1) is 11.0. The second-order valence-electron chi connectivity index (χ2n) is 2.02. The van der Waals surface area contributed by atoms with Crippen LogP contribution in [0.1, 0.15) is 0 Å². The minimum Gasteiger partial charge on any atom is -0.382 e. The van der Waals surface area contributed by atoms with E-state index in [1.54, 1.807) is 0 Å². The molecular formula is C5H9F3N2O2. The second-order valence-corrected chi connectivity index (χ2v) is 2.02. The number of rotatable bonds is 2. The van der Waals surface area contributed by atoms with Crippen LogP contribution in [0.15, 0.2) is 0 Å². The number of hydrogen-bond acceptors (Lipinski definition) is 2. The number of carbonyl (C=O) groups is 1. The van der Waals surface area contributed by atoms with E-state index in [1.807, 2.05) is 10.6 Å². The summed E-state index contributed by atoms with van der Waals surface area (Å²) in [5.74, 6) is 0. The van der Waals surface area contributed by atoms with Crippen LogP contribution in [0.3, 0.4) is 0 Å². The van der Waals surface area contributed by atoms with Gasteiger partial charge in [0.1, 0.15) is 0 Å². The predicted octanol–water partition coefficient (Wildman–Crippen LogP) is -0.161. The van der Waals surface area contributed by atoms with Gasteiger partial charge in [0, 0.05) is 7.05 Å². The summed E-state index contributed by atoms with van der Waals surface area (Å²) < 4.78 is 34.7. The molecule has 0 aliphatic rings. The summed E-state index contributed by atoms with van der Waals surface area (Å²) >= 11 is 0. The van der Waals surface area contributed by atoms with Crippen molar-refractivity contribution in [3.05, 3.63) is 0 Å². The van der Waals surface area contributed by atoms with E-state index in [9.17, 15) is 18.0 Å². The van der Waals surface area contributed by atoms with Crippen LogP contribution in [-0.4, -0.2) is 37.0 Å². The molecule has 1 atom stereocenters. The van der Waals surface area contributed by atoms with Crippen molar-refractivity contribution < 1.29 is 23.1 Å². The van der Waals surface area contributed by atoms with Crippen LogP contribution in [0.5, 0.6) is 0 Å². The van der Waals surface area contributed by atoms with Crippen LogP contribution in [0.25, 0.3) is 0 Å². The third-order valence-electron chi connectivity index (χ3n) is 1.06. The molecule has 0 saturated heterocycles. The zero-order chi connectivity index (χ0) is 9.78. The highest BCUT2D eigenvalue weighted by molar-refractivity contribution is 5.73. The lowest BCUT2D eigenvalue weighted by molar-refractivity contribution is -0.201. The SMILES string of the molecule is CNC(=O)NCC(O)C(F)(F)F. The van der Waals surface area contributed by atoms with Gasteiger partial charge in [-0.25, -0.2) is 4.79 Å². The maximum Gasteiger partial charge on any atom is 0.416 e. The Labute approximate surface area is 66.8 Å². The molecule has 0 aliphatic carbocycles. The third kappa shape index (κ3) is 4.02. The smallest absolute Gasteiger partial charge is 0.382 e. The molecule has 3 N–H and O–H groups in total. The lowest BCUT2D eigenvalue weighted by atomic mass is 10.3. The molecule has 0 heterocycles. The molecule has 0 aliphatic heterocycles. The summed E-state index contributed by atoms with van der Waals surface area (Å²) in [6.45, 7) is -0.844. The minimum atomic E-state index is -4.69. The van der Waals surface area contributed by atoms with Crippen LogP contribution in [0.2, 0.25) is 0 Å². The Kier molecular flexibility index (Phi) is 3.81. The van der Waals surface area contributed by atoms with Gasteiger partial charge in [0.25, 0.3) is 0 Å². The summed E-state index contributed by atoms with van der Waals surface area (Å²) in [6.07, 6.45) is -7.21. The van der Waals surface area contributed by atoms with Gasteiger partial charge in [-0.1, -0.05) is 0 Å². The Balaban J connectivity index is 3.72. The number of aliphatic hydroxyl groups excluding tert-OH is 1. The average Bonchev–Trinajstić information content (AvgIpc) is 1.97. The molecule has 0 aromatic carbocycles. The van der Waals surface area contributed by atoms with Gasteiger partial charge in [0.15, 0.2) is 6.10 Å². The van der Waals surface area contributed by atoms with Crippen molar-refractivity contribution in [2.45, 2.75) is 12.3 Å². The van der Waals surface area contributed by atoms with Gasteiger partial charge in [-0.2, -0.15) is 13.2 Å². The van der Waals surface area contributed by atoms with E-state index in [0.717, 1.165) is 0 Å². The van der Waals surface area contributed by atoms with E-state index in [1.165, 1.54) is 7.05 Å². The van der Waals surface area contributed by atoms with Crippen molar-refractivity contribution in [1.29, 1.82) is 0 Å². The molecule has 0 aromatic heterocycles. The topological polar surface area (TPSA) is 61.4 Å². The van der Waals surface area contributed by atoms with E-state index in [4.69, 9.17) is 5.11 Å². The van der Waals surface area contributed by atoms with Crippen molar-refractivity contribution in [1.82, 2.24) is 10.6 Å².